The second-order valence-corrected chi connectivity index (χ2v) is 7.35. The topological polar surface area (TPSA) is 33.5 Å². The summed E-state index contributed by atoms with van der Waals surface area (Å²) in [5, 5.41) is 3.16. The lowest BCUT2D eigenvalue weighted by Gasteiger charge is -2.35. The lowest BCUT2D eigenvalue weighted by atomic mass is 9.97. The monoisotopic (exact) mass is 337 g/mol. The molecule has 132 valence electrons. The van der Waals surface area contributed by atoms with Crippen molar-refractivity contribution in [2.45, 2.75) is 51.6 Å². The molecule has 0 radical (unpaired) electrons. The molecule has 0 saturated carbocycles. The molecule has 3 heteroatoms. The van der Waals surface area contributed by atoms with Gasteiger partial charge in [0.1, 0.15) is 0 Å². The first kappa shape index (κ1) is 17.7. The number of rotatable bonds is 5. The van der Waals surface area contributed by atoms with E-state index in [0.29, 0.717) is 18.6 Å². The van der Waals surface area contributed by atoms with Gasteiger partial charge in [0.25, 0.3) is 5.91 Å². The zero-order chi connectivity index (χ0) is 17.6. The van der Waals surface area contributed by atoms with Gasteiger partial charge in [-0.15, -0.1) is 0 Å². The Balaban J connectivity index is 1.67. The molecule has 1 fully saturated rings. The minimum absolute atomic E-state index is 0.121. The molecule has 0 unspecified atom stereocenters. The molecule has 1 saturated heterocycles. The Morgan fingerprint density at radius 2 is 1.64 bits per heavy atom. The van der Waals surface area contributed by atoms with E-state index in [4.69, 9.17) is 0 Å². The fraction of sp³-hybridized carbons (Fsp3) is 0.409. The first-order chi connectivity index (χ1) is 12.1. The number of carbonyl (C=O) groups is 1. The molecule has 0 aromatic heterocycles. The number of quaternary nitrogens is 1. The molecule has 1 aliphatic rings. The molecule has 2 atom stereocenters. The first-order valence-corrected chi connectivity index (χ1v) is 9.40. The summed E-state index contributed by atoms with van der Waals surface area (Å²) in [6.45, 7) is 5.09. The highest BCUT2D eigenvalue weighted by molar-refractivity contribution is 5.92. The van der Waals surface area contributed by atoms with Crippen LogP contribution in [0.4, 0.5) is 5.69 Å². The summed E-state index contributed by atoms with van der Waals surface area (Å²) < 4.78 is 0. The number of nitrogens with one attached hydrogen (secondary N) is 2. The van der Waals surface area contributed by atoms with Crippen LogP contribution in [-0.4, -0.2) is 24.5 Å². The summed E-state index contributed by atoms with van der Waals surface area (Å²) in [7, 11) is 0. The Labute approximate surface area is 151 Å². The lowest BCUT2D eigenvalue weighted by molar-refractivity contribution is -0.943. The van der Waals surface area contributed by atoms with E-state index in [-0.39, 0.29) is 5.91 Å². The molecule has 3 rings (SSSR count). The number of benzene rings is 2. The molecule has 1 amide bonds. The van der Waals surface area contributed by atoms with Gasteiger partial charge in [0.15, 0.2) is 6.54 Å². The average Bonchev–Trinajstić information content (AvgIpc) is 2.61. The molecule has 2 aromatic carbocycles. The molecular weight excluding hydrogens is 308 g/mol. The molecular formula is C22H29N2O+. The number of hydrogen-bond acceptors (Lipinski definition) is 1. The molecule has 1 heterocycles. The molecule has 2 aromatic rings. The van der Waals surface area contributed by atoms with E-state index in [0.717, 1.165) is 17.7 Å². The number of carbonyl (C=O) groups excluding carboxylic acids is 1. The van der Waals surface area contributed by atoms with Gasteiger partial charge in [-0.25, -0.2) is 0 Å². The Morgan fingerprint density at radius 3 is 2.36 bits per heavy atom. The third kappa shape index (κ3) is 4.70. The van der Waals surface area contributed by atoms with E-state index in [9.17, 15) is 4.79 Å². The molecule has 0 aliphatic carbocycles. The van der Waals surface area contributed by atoms with Crippen molar-refractivity contribution in [1.29, 1.82) is 0 Å². The van der Waals surface area contributed by atoms with Gasteiger partial charge in [0.05, 0.1) is 12.1 Å². The number of likely N-dealkylation sites (tertiary alicyclic amines) is 1. The van der Waals surface area contributed by atoms with Crippen LogP contribution in [0.2, 0.25) is 0 Å². The van der Waals surface area contributed by atoms with Crippen LogP contribution in [0.5, 0.6) is 0 Å². The summed E-state index contributed by atoms with van der Waals surface area (Å²) in [5.74, 6) is 0.121. The van der Waals surface area contributed by atoms with Crippen LogP contribution in [0.25, 0.3) is 0 Å². The van der Waals surface area contributed by atoms with E-state index >= 15 is 0 Å². The van der Waals surface area contributed by atoms with Gasteiger partial charge in [-0.3, -0.25) is 4.79 Å². The van der Waals surface area contributed by atoms with Gasteiger partial charge in [-0.1, -0.05) is 48.5 Å². The standard InChI is InChI=1S/C22H28N2O/c1-17-9-8-10-18(2)24(17)16-22(25)23-21-14-7-6-13-20(21)15-19-11-4-3-5-12-19/h3-7,11-14,17-18H,8-10,15-16H2,1-2H3,(H,23,25)/p+1/t17-,18-/m0/s1. The normalized spacial score (nSPS) is 21.0. The van der Waals surface area contributed by atoms with E-state index < -0.39 is 0 Å². The second kappa shape index (κ2) is 8.30. The number of amides is 1. The number of para-hydroxylation sites is 1. The molecule has 3 nitrogen and oxygen atoms in total. The second-order valence-electron chi connectivity index (χ2n) is 7.35. The lowest BCUT2D eigenvalue weighted by Crippen LogP contribution is -3.20. The summed E-state index contributed by atoms with van der Waals surface area (Å²) in [6, 6.07) is 19.6. The van der Waals surface area contributed by atoms with Crippen LogP contribution < -0.4 is 10.2 Å². The minimum Gasteiger partial charge on any atom is -0.323 e. The first-order valence-electron chi connectivity index (χ1n) is 9.40. The largest absolute Gasteiger partial charge is 0.323 e. The van der Waals surface area contributed by atoms with E-state index in [1.807, 2.05) is 24.3 Å². The van der Waals surface area contributed by atoms with Crippen molar-refractivity contribution in [3.8, 4) is 0 Å². The summed E-state index contributed by atoms with van der Waals surface area (Å²) >= 11 is 0. The van der Waals surface area contributed by atoms with Crippen molar-refractivity contribution in [2.24, 2.45) is 0 Å². The van der Waals surface area contributed by atoms with Crippen molar-refractivity contribution >= 4 is 11.6 Å². The van der Waals surface area contributed by atoms with Crippen LogP contribution in [0.15, 0.2) is 54.6 Å². The van der Waals surface area contributed by atoms with E-state index in [1.54, 1.807) is 0 Å². The smallest absolute Gasteiger partial charge is 0.279 e. The Morgan fingerprint density at radius 1 is 1.00 bits per heavy atom. The van der Waals surface area contributed by atoms with Crippen LogP contribution in [-0.2, 0) is 11.2 Å². The number of piperidine rings is 1. The van der Waals surface area contributed by atoms with Crippen molar-refractivity contribution in [3.05, 3.63) is 65.7 Å². The van der Waals surface area contributed by atoms with Crippen molar-refractivity contribution < 1.29 is 9.69 Å². The van der Waals surface area contributed by atoms with Crippen LogP contribution in [0.1, 0.15) is 44.2 Å². The zero-order valence-electron chi connectivity index (χ0n) is 15.3. The van der Waals surface area contributed by atoms with Gasteiger partial charge in [-0.2, -0.15) is 0 Å². The average molecular weight is 337 g/mol. The maximum Gasteiger partial charge on any atom is 0.279 e. The number of hydrogen-bond donors (Lipinski definition) is 2. The third-order valence-corrected chi connectivity index (χ3v) is 5.43. The van der Waals surface area contributed by atoms with E-state index in [2.05, 4.69) is 49.5 Å². The summed E-state index contributed by atoms with van der Waals surface area (Å²) in [6.07, 6.45) is 4.56. The molecule has 0 bridgehead atoms. The SMILES string of the molecule is C[C@H]1CCC[C@H](C)[NH+]1CC(=O)Nc1ccccc1Cc1ccccc1. The maximum absolute atomic E-state index is 12.6. The van der Waals surface area contributed by atoms with E-state index in [1.165, 1.54) is 29.7 Å². The predicted octanol–water partition coefficient (Wildman–Crippen LogP) is 3.06. The van der Waals surface area contributed by atoms with Crippen molar-refractivity contribution in [2.75, 3.05) is 11.9 Å². The Bertz CT molecular complexity index is 688. The predicted molar refractivity (Wildman–Crippen MR) is 103 cm³/mol. The maximum atomic E-state index is 12.6. The summed E-state index contributed by atoms with van der Waals surface area (Å²) in [4.78, 5) is 14.1. The highest BCUT2D eigenvalue weighted by atomic mass is 16.2. The highest BCUT2D eigenvalue weighted by Gasteiger charge is 2.30. The fourth-order valence-corrected chi connectivity index (χ4v) is 3.93. The van der Waals surface area contributed by atoms with Gasteiger partial charge >= 0.3 is 0 Å². The molecule has 1 aliphatic heterocycles. The Hall–Kier alpha value is -2.13. The molecule has 25 heavy (non-hydrogen) atoms. The Kier molecular flexibility index (Phi) is 5.87. The molecule has 0 spiro atoms. The van der Waals surface area contributed by atoms with Crippen molar-refractivity contribution in [1.82, 2.24) is 0 Å². The van der Waals surface area contributed by atoms with Gasteiger partial charge < -0.3 is 10.2 Å². The summed E-state index contributed by atoms with van der Waals surface area (Å²) in [5.41, 5.74) is 3.36. The zero-order valence-corrected chi connectivity index (χ0v) is 15.3. The highest BCUT2D eigenvalue weighted by Crippen LogP contribution is 2.19. The quantitative estimate of drug-likeness (QED) is 0.864. The van der Waals surface area contributed by atoms with Gasteiger partial charge in [0, 0.05) is 5.69 Å². The van der Waals surface area contributed by atoms with Gasteiger partial charge in [0.2, 0.25) is 0 Å². The minimum atomic E-state index is 0.121. The van der Waals surface area contributed by atoms with Crippen molar-refractivity contribution in [3.63, 3.8) is 0 Å². The third-order valence-electron chi connectivity index (χ3n) is 5.43. The fourth-order valence-electron chi connectivity index (χ4n) is 3.93. The van der Waals surface area contributed by atoms with Crippen LogP contribution >= 0.6 is 0 Å². The van der Waals surface area contributed by atoms with Crippen LogP contribution in [0, 0.1) is 0 Å². The molecule has 2 N–H and O–H groups in total. The number of anilines is 1. The van der Waals surface area contributed by atoms with Gasteiger partial charge in [-0.05, 0) is 56.7 Å². The van der Waals surface area contributed by atoms with Crippen LogP contribution in [0.3, 0.4) is 0 Å².